The molecule has 15 heavy (non-hydrogen) atoms. The average Bonchev–Trinajstić information content (AvgIpc) is 2.50. The fraction of sp³-hybridized carbons (Fsp3) is 0.556. The highest BCUT2D eigenvalue weighted by Crippen LogP contribution is 2.15. The maximum atomic E-state index is 11.4. The Hall–Kier alpha value is -1.56. The molecule has 0 atom stereocenters. The largest absolute Gasteiger partial charge is 0.394 e. The van der Waals surface area contributed by atoms with Gasteiger partial charge in [-0.15, -0.1) is 0 Å². The van der Waals surface area contributed by atoms with Gasteiger partial charge in [-0.2, -0.15) is 5.10 Å². The van der Waals surface area contributed by atoms with Crippen LogP contribution in [0.3, 0.4) is 0 Å². The van der Waals surface area contributed by atoms with E-state index in [1.54, 1.807) is 7.05 Å². The van der Waals surface area contributed by atoms with E-state index in [9.17, 15) is 4.79 Å². The lowest BCUT2D eigenvalue weighted by Crippen LogP contribution is -2.20. The van der Waals surface area contributed by atoms with Gasteiger partial charge in [-0.25, -0.2) is 0 Å². The average molecular weight is 212 g/mol. The van der Waals surface area contributed by atoms with Crippen LogP contribution in [-0.2, 0) is 16.6 Å². The lowest BCUT2D eigenvalue weighted by Gasteiger charge is -2.06. The summed E-state index contributed by atoms with van der Waals surface area (Å²) in [6.07, 6.45) is 2.38. The third-order valence-corrected chi connectivity index (χ3v) is 1.81. The number of anilines is 2. The molecule has 0 radical (unpaired) electrons. The number of nitrogens with zero attached hydrogens (tertiary/aromatic N) is 2. The molecule has 0 aliphatic heterocycles. The summed E-state index contributed by atoms with van der Waals surface area (Å²) in [7, 11) is 1.71. The Morgan fingerprint density at radius 3 is 3.00 bits per heavy atom. The van der Waals surface area contributed by atoms with Crippen LogP contribution in [0.5, 0.6) is 0 Å². The Labute approximate surface area is 88.4 Å². The number of rotatable bonds is 5. The molecule has 84 valence electrons. The minimum atomic E-state index is -0.223. The third kappa shape index (κ3) is 3.25. The van der Waals surface area contributed by atoms with E-state index in [2.05, 4.69) is 10.4 Å². The van der Waals surface area contributed by atoms with Gasteiger partial charge >= 0.3 is 0 Å². The second-order valence-electron chi connectivity index (χ2n) is 3.17. The van der Waals surface area contributed by atoms with Gasteiger partial charge in [-0.05, 0) is 6.42 Å². The molecule has 6 heteroatoms. The van der Waals surface area contributed by atoms with Crippen molar-refractivity contribution in [2.24, 2.45) is 7.05 Å². The highest BCUT2D eigenvalue weighted by Gasteiger charge is 2.09. The van der Waals surface area contributed by atoms with E-state index in [0.717, 1.165) is 6.42 Å². The minimum Gasteiger partial charge on any atom is -0.394 e. The van der Waals surface area contributed by atoms with Gasteiger partial charge in [0, 0.05) is 13.7 Å². The third-order valence-electron chi connectivity index (χ3n) is 1.81. The van der Waals surface area contributed by atoms with Crippen LogP contribution >= 0.6 is 0 Å². The van der Waals surface area contributed by atoms with Crippen LogP contribution in [0.25, 0.3) is 0 Å². The summed E-state index contributed by atoms with van der Waals surface area (Å²) in [6, 6.07) is 0. The normalized spacial score (nSPS) is 10.3. The molecule has 3 N–H and O–H groups in total. The topological polar surface area (TPSA) is 82.2 Å². The van der Waals surface area contributed by atoms with Crippen LogP contribution in [-0.4, -0.2) is 28.9 Å². The van der Waals surface area contributed by atoms with Gasteiger partial charge in [0.05, 0.1) is 11.9 Å². The maximum Gasteiger partial charge on any atom is 0.251 e. The molecule has 0 fully saturated rings. The maximum absolute atomic E-state index is 11.4. The van der Waals surface area contributed by atoms with Gasteiger partial charge < -0.3 is 15.8 Å². The predicted molar refractivity (Wildman–Crippen MR) is 57.4 cm³/mol. The Bertz CT molecular complexity index is 315. The highest BCUT2D eigenvalue weighted by molar-refractivity contribution is 5.93. The Morgan fingerprint density at radius 2 is 2.47 bits per heavy atom. The summed E-state index contributed by atoms with van der Waals surface area (Å²) in [5, 5.41) is 6.53. The van der Waals surface area contributed by atoms with Crippen LogP contribution in [0, 0.1) is 0 Å². The number of nitrogen functional groups attached to an aromatic ring is 1. The van der Waals surface area contributed by atoms with E-state index in [1.807, 2.05) is 6.92 Å². The first kappa shape index (κ1) is 11.5. The molecule has 0 saturated carbocycles. The van der Waals surface area contributed by atoms with Crippen LogP contribution < -0.4 is 11.1 Å². The van der Waals surface area contributed by atoms with Crippen molar-refractivity contribution in [2.45, 2.75) is 13.3 Å². The molecule has 0 unspecified atom stereocenters. The summed E-state index contributed by atoms with van der Waals surface area (Å²) >= 11 is 0. The van der Waals surface area contributed by atoms with Gasteiger partial charge in [0.15, 0.2) is 5.82 Å². The Kier molecular flexibility index (Phi) is 4.11. The second kappa shape index (κ2) is 5.35. The predicted octanol–water partition coefficient (Wildman–Crippen LogP) is 0.367. The smallest absolute Gasteiger partial charge is 0.251 e. The fourth-order valence-electron chi connectivity index (χ4n) is 1.08. The van der Waals surface area contributed by atoms with E-state index in [4.69, 9.17) is 10.5 Å². The number of aryl methyl sites for hydroxylation is 1. The molecular weight excluding hydrogens is 196 g/mol. The second-order valence-corrected chi connectivity index (χ2v) is 3.17. The van der Waals surface area contributed by atoms with Crippen LogP contribution in [0.15, 0.2) is 6.20 Å². The molecule has 0 aromatic carbocycles. The van der Waals surface area contributed by atoms with Crippen LogP contribution in [0.4, 0.5) is 11.5 Å². The molecule has 1 aromatic heterocycles. The molecule has 1 heterocycles. The number of carbonyl (C=O) groups is 1. The number of ether oxygens (including phenoxy) is 1. The molecule has 6 nitrogen and oxygen atoms in total. The number of nitrogens with one attached hydrogen (secondary N) is 1. The van der Waals surface area contributed by atoms with Gasteiger partial charge in [-0.1, -0.05) is 6.92 Å². The molecule has 0 bridgehead atoms. The summed E-state index contributed by atoms with van der Waals surface area (Å²) in [5.74, 6) is 0.277. The minimum absolute atomic E-state index is 0.0401. The van der Waals surface area contributed by atoms with Crippen molar-refractivity contribution in [1.29, 1.82) is 0 Å². The quantitative estimate of drug-likeness (QED) is 0.691. The number of nitrogens with two attached hydrogens (primary N) is 1. The van der Waals surface area contributed by atoms with Crippen molar-refractivity contribution in [1.82, 2.24) is 9.78 Å². The summed E-state index contributed by atoms with van der Waals surface area (Å²) in [4.78, 5) is 11.4. The molecular formula is C9H16N4O2. The first-order valence-electron chi connectivity index (χ1n) is 4.80. The molecule has 1 amide bonds. The van der Waals surface area contributed by atoms with Gasteiger partial charge in [0.1, 0.15) is 6.61 Å². The van der Waals surface area contributed by atoms with E-state index in [0.29, 0.717) is 18.1 Å². The number of amides is 1. The van der Waals surface area contributed by atoms with Gasteiger partial charge in [0.2, 0.25) is 0 Å². The zero-order chi connectivity index (χ0) is 11.3. The SMILES string of the molecule is CCCOCC(=O)Nc1c(N)cnn1C. The fourth-order valence-corrected chi connectivity index (χ4v) is 1.08. The summed E-state index contributed by atoms with van der Waals surface area (Å²) < 4.78 is 6.60. The van der Waals surface area contributed by atoms with Crippen molar-refractivity contribution >= 4 is 17.4 Å². The lowest BCUT2D eigenvalue weighted by molar-refractivity contribution is -0.120. The zero-order valence-electron chi connectivity index (χ0n) is 8.99. The molecule has 0 aliphatic carbocycles. The van der Waals surface area contributed by atoms with Crippen molar-refractivity contribution in [2.75, 3.05) is 24.3 Å². The first-order valence-corrected chi connectivity index (χ1v) is 4.80. The van der Waals surface area contributed by atoms with E-state index < -0.39 is 0 Å². The number of carbonyl (C=O) groups excluding carboxylic acids is 1. The van der Waals surface area contributed by atoms with Crippen LogP contribution in [0.1, 0.15) is 13.3 Å². The standard InChI is InChI=1S/C9H16N4O2/c1-3-4-15-6-8(14)12-9-7(10)5-11-13(9)2/h5H,3-4,6,10H2,1-2H3,(H,12,14). The summed E-state index contributed by atoms with van der Waals surface area (Å²) in [5.41, 5.74) is 6.05. The van der Waals surface area contributed by atoms with Crippen molar-refractivity contribution in [3.8, 4) is 0 Å². The van der Waals surface area contributed by atoms with Gasteiger partial charge in [-0.3, -0.25) is 9.48 Å². The number of hydrogen-bond acceptors (Lipinski definition) is 4. The monoisotopic (exact) mass is 212 g/mol. The van der Waals surface area contributed by atoms with Crippen LogP contribution in [0.2, 0.25) is 0 Å². The Balaban J connectivity index is 2.44. The van der Waals surface area contributed by atoms with Crippen molar-refractivity contribution in [3.63, 3.8) is 0 Å². The lowest BCUT2D eigenvalue weighted by atomic mass is 10.5. The first-order chi connectivity index (χ1) is 7.15. The number of aromatic nitrogens is 2. The molecule has 0 aliphatic rings. The number of hydrogen-bond donors (Lipinski definition) is 2. The van der Waals surface area contributed by atoms with Crippen molar-refractivity contribution < 1.29 is 9.53 Å². The highest BCUT2D eigenvalue weighted by atomic mass is 16.5. The van der Waals surface area contributed by atoms with E-state index >= 15 is 0 Å². The summed E-state index contributed by atoms with van der Waals surface area (Å²) in [6.45, 7) is 2.60. The Morgan fingerprint density at radius 1 is 1.73 bits per heavy atom. The zero-order valence-corrected chi connectivity index (χ0v) is 8.99. The molecule has 0 saturated heterocycles. The van der Waals surface area contributed by atoms with E-state index in [-0.39, 0.29) is 12.5 Å². The molecule has 1 aromatic rings. The van der Waals surface area contributed by atoms with E-state index in [1.165, 1.54) is 10.9 Å². The molecule has 1 rings (SSSR count). The van der Waals surface area contributed by atoms with Crippen molar-refractivity contribution in [3.05, 3.63) is 6.20 Å². The van der Waals surface area contributed by atoms with Gasteiger partial charge in [0.25, 0.3) is 5.91 Å². The molecule has 0 spiro atoms.